The topological polar surface area (TPSA) is 46.5 Å². The van der Waals surface area contributed by atoms with Gasteiger partial charge in [-0.2, -0.15) is 0 Å². The molecular formula is C34H33F3O3. The normalized spacial score (nSPS) is 21.8. The second-order valence-corrected chi connectivity index (χ2v) is 13.4. The summed E-state index contributed by atoms with van der Waals surface area (Å²) in [7, 11) is 0. The van der Waals surface area contributed by atoms with Crippen molar-refractivity contribution in [2.24, 2.45) is 10.8 Å². The number of ether oxygens (including phenoxy) is 1. The average Bonchev–Trinajstić information content (AvgIpc) is 2.81. The van der Waals surface area contributed by atoms with Crippen LogP contribution in [0.25, 0.3) is 11.6 Å². The fourth-order valence-corrected chi connectivity index (χ4v) is 7.45. The average molecular weight is 547 g/mol. The number of hydrogen-bond acceptors (Lipinski definition) is 2. The summed E-state index contributed by atoms with van der Waals surface area (Å²) < 4.78 is 51.6. The number of hydrogen-bond donors (Lipinski definition) is 1. The summed E-state index contributed by atoms with van der Waals surface area (Å²) in [6, 6.07) is 8.15. The minimum Gasteiger partial charge on any atom is -0.478 e. The molecule has 3 aliphatic rings. The summed E-state index contributed by atoms with van der Waals surface area (Å²) in [4.78, 5) is 12.3. The van der Waals surface area contributed by atoms with Crippen LogP contribution in [0.1, 0.15) is 104 Å². The molecule has 2 aliphatic carbocycles. The van der Waals surface area contributed by atoms with Gasteiger partial charge in [-0.1, -0.05) is 47.6 Å². The first-order valence-corrected chi connectivity index (χ1v) is 13.8. The number of carbonyl (C=O) groups is 1. The van der Waals surface area contributed by atoms with Crippen LogP contribution in [0, 0.1) is 28.3 Å². The van der Waals surface area contributed by atoms with Crippen LogP contribution in [-0.2, 0) is 6.42 Å². The molecule has 1 aliphatic heterocycles. The Bertz CT molecular complexity index is 1750. The summed E-state index contributed by atoms with van der Waals surface area (Å²) in [5.41, 5.74) is 2.47. The SMILES string of the molecule is CC1CC(C)(C)Cc2cc3c(cc21)C(c1c(F)cc(F)c(F)c1C(=O)O)=c1cc2c(cc1O3)=CC(C)(C)CC2C. The van der Waals surface area contributed by atoms with E-state index in [0.29, 0.717) is 28.3 Å². The van der Waals surface area contributed by atoms with Gasteiger partial charge in [0.05, 0.1) is 0 Å². The number of fused-ring (bicyclic) bond motifs is 4. The number of benzene rings is 3. The fourth-order valence-electron chi connectivity index (χ4n) is 7.45. The first-order valence-electron chi connectivity index (χ1n) is 13.8. The summed E-state index contributed by atoms with van der Waals surface area (Å²) in [6.45, 7) is 13.0. The number of aromatic carboxylic acids is 1. The quantitative estimate of drug-likeness (QED) is 0.264. The predicted octanol–water partition coefficient (Wildman–Crippen LogP) is 7.54. The Morgan fingerprint density at radius 2 is 1.60 bits per heavy atom. The van der Waals surface area contributed by atoms with Crippen LogP contribution in [0.3, 0.4) is 0 Å². The van der Waals surface area contributed by atoms with Crippen LogP contribution in [0.5, 0.6) is 11.5 Å². The molecule has 0 saturated carbocycles. The van der Waals surface area contributed by atoms with E-state index in [9.17, 15) is 14.3 Å². The maximum absolute atomic E-state index is 15.7. The van der Waals surface area contributed by atoms with E-state index in [-0.39, 0.29) is 28.2 Å². The minimum absolute atomic E-state index is 0.0385. The highest BCUT2D eigenvalue weighted by atomic mass is 19.2. The van der Waals surface area contributed by atoms with Crippen LogP contribution in [0.4, 0.5) is 13.2 Å². The molecule has 3 aromatic carbocycles. The second kappa shape index (κ2) is 8.73. The largest absolute Gasteiger partial charge is 0.478 e. The first-order chi connectivity index (χ1) is 18.7. The molecule has 0 radical (unpaired) electrons. The molecule has 0 spiro atoms. The highest BCUT2D eigenvalue weighted by Crippen LogP contribution is 2.47. The van der Waals surface area contributed by atoms with Crippen molar-refractivity contribution < 1.29 is 27.8 Å². The third kappa shape index (κ3) is 4.15. The standard InChI is InChI=1S/C34H33F3O3/c1-16-12-33(3,4)14-18-7-26-22(9-20(16)18)28(29-24(35)11-25(36)31(37)30(29)32(38)39)23-10-21-17(2)13-34(5,6)15-19(21)8-27(23)40-26/h7-11,14,16-17H,12-13,15H2,1-6H3,(H,38,39). The van der Waals surface area contributed by atoms with Gasteiger partial charge in [0.15, 0.2) is 11.6 Å². The van der Waals surface area contributed by atoms with Crippen molar-refractivity contribution in [3.63, 3.8) is 0 Å². The molecule has 0 bridgehead atoms. The van der Waals surface area contributed by atoms with Gasteiger partial charge < -0.3 is 9.84 Å². The van der Waals surface area contributed by atoms with E-state index in [1.807, 2.05) is 24.3 Å². The lowest BCUT2D eigenvalue weighted by Gasteiger charge is -2.37. The number of rotatable bonds is 2. The van der Waals surface area contributed by atoms with Crippen LogP contribution >= 0.6 is 0 Å². The van der Waals surface area contributed by atoms with Gasteiger partial charge in [-0.15, -0.1) is 0 Å². The van der Waals surface area contributed by atoms with E-state index < -0.39 is 34.5 Å². The Balaban J connectivity index is 1.77. The molecule has 3 nitrogen and oxygen atoms in total. The monoisotopic (exact) mass is 546 g/mol. The highest BCUT2D eigenvalue weighted by molar-refractivity contribution is 5.99. The van der Waals surface area contributed by atoms with Gasteiger partial charge in [-0.05, 0) is 88.1 Å². The van der Waals surface area contributed by atoms with Gasteiger partial charge in [-0.25, -0.2) is 18.0 Å². The lowest BCUT2D eigenvalue weighted by molar-refractivity contribution is 0.0689. The summed E-state index contributed by atoms with van der Waals surface area (Å²) >= 11 is 0. The molecule has 0 fully saturated rings. The molecule has 2 unspecified atom stereocenters. The van der Waals surface area contributed by atoms with Crippen molar-refractivity contribution in [2.45, 2.75) is 72.6 Å². The summed E-state index contributed by atoms with van der Waals surface area (Å²) in [5, 5.41) is 11.5. The Morgan fingerprint density at radius 3 is 2.30 bits per heavy atom. The zero-order valence-electron chi connectivity index (χ0n) is 23.6. The number of carboxylic acids is 1. The van der Waals surface area contributed by atoms with Crippen molar-refractivity contribution in [3.8, 4) is 11.5 Å². The first kappa shape index (κ1) is 26.7. The Hall–Kier alpha value is -3.54. The maximum Gasteiger partial charge on any atom is 0.339 e. The van der Waals surface area contributed by atoms with Crippen molar-refractivity contribution in [2.75, 3.05) is 0 Å². The fraction of sp³-hybridized carbons (Fsp3) is 0.382. The molecule has 6 rings (SSSR count). The molecule has 208 valence electrons. The minimum atomic E-state index is -1.73. The molecule has 40 heavy (non-hydrogen) atoms. The van der Waals surface area contributed by atoms with E-state index in [0.717, 1.165) is 41.2 Å². The molecule has 0 amide bonds. The van der Waals surface area contributed by atoms with Gasteiger partial charge >= 0.3 is 5.97 Å². The third-order valence-electron chi connectivity index (χ3n) is 8.79. The lowest BCUT2D eigenvalue weighted by atomic mass is 9.69. The van der Waals surface area contributed by atoms with Crippen LogP contribution in [-0.4, -0.2) is 11.1 Å². The number of halogens is 3. The zero-order chi connectivity index (χ0) is 28.9. The maximum atomic E-state index is 15.7. The summed E-state index contributed by atoms with van der Waals surface area (Å²) in [5.74, 6) is -4.73. The molecule has 0 aromatic heterocycles. The molecule has 1 N–H and O–H groups in total. The van der Waals surface area contributed by atoms with Crippen LogP contribution in [0.2, 0.25) is 0 Å². The van der Waals surface area contributed by atoms with Gasteiger partial charge in [0.2, 0.25) is 0 Å². The number of carboxylic acid groups (broad SMARTS) is 1. The smallest absolute Gasteiger partial charge is 0.339 e. The van der Waals surface area contributed by atoms with Crippen molar-refractivity contribution in [1.82, 2.24) is 0 Å². The van der Waals surface area contributed by atoms with Crippen molar-refractivity contribution in [1.29, 1.82) is 0 Å². The lowest BCUT2D eigenvalue weighted by Crippen LogP contribution is -2.31. The van der Waals surface area contributed by atoms with E-state index in [2.05, 4.69) is 47.6 Å². The molecular weight excluding hydrogens is 513 g/mol. The zero-order valence-corrected chi connectivity index (χ0v) is 23.6. The Kier molecular flexibility index (Phi) is 5.82. The van der Waals surface area contributed by atoms with E-state index in [1.54, 1.807) is 0 Å². The molecule has 6 heteroatoms. The van der Waals surface area contributed by atoms with Crippen LogP contribution < -0.4 is 15.2 Å². The predicted molar refractivity (Wildman–Crippen MR) is 149 cm³/mol. The van der Waals surface area contributed by atoms with Crippen molar-refractivity contribution in [3.05, 3.63) is 91.6 Å². The van der Waals surface area contributed by atoms with Crippen LogP contribution in [0.15, 0.2) is 30.3 Å². The highest BCUT2D eigenvalue weighted by Gasteiger charge is 2.36. The molecule has 1 heterocycles. The Labute approximate surface area is 232 Å². The van der Waals surface area contributed by atoms with E-state index >= 15 is 8.78 Å². The second-order valence-electron chi connectivity index (χ2n) is 13.4. The van der Waals surface area contributed by atoms with E-state index in [4.69, 9.17) is 4.74 Å². The van der Waals surface area contributed by atoms with Gasteiger partial charge in [0.1, 0.15) is 22.9 Å². The van der Waals surface area contributed by atoms with Crippen molar-refractivity contribution >= 4 is 17.6 Å². The third-order valence-corrected chi connectivity index (χ3v) is 8.79. The molecule has 3 aromatic rings. The van der Waals surface area contributed by atoms with Gasteiger partial charge in [-0.3, -0.25) is 0 Å². The summed E-state index contributed by atoms with van der Waals surface area (Å²) in [6.07, 6.45) is 4.86. The molecule has 0 saturated heterocycles. The van der Waals surface area contributed by atoms with Gasteiger partial charge in [0, 0.05) is 28.0 Å². The Morgan fingerprint density at radius 1 is 0.900 bits per heavy atom. The van der Waals surface area contributed by atoms with Gasteiger partial charge in [0.25, 0.3) is 0 Å². The molecule has 2 atom stereocenters. The van der Waals surface area contributed by atoms with E-state index in [1.165, 1.54) is 0 Å².